The van der Waals surface area contributed by atoms with Crippen molar-refractivity contribution in [1.29, 1.82) is 0 Å². The summed E-state index contributed by atoms with van der Waals surface area (Å²) in [5, 5.41) is 2.80. The van der Waals surface area contributed by atoms with E-state index in [4.69, 9.17) is 0 Å². The zero-order valence-electron chi connectivity index (χ0n) is 7.40. The second kappa shape index (κ2) is 5.79. The molecule has 0 aromatic rings. The van der Waals surface area contributed by atoms with Gasteiger partial charge in [0.1, 0.15) is 0 Å². The van der Waals surface area contributed by atoms with Gasteiger partial charge in [0.05, 0.1) is 0 Å². The summed E-state index contributed by atoms with van der Waals surface area (Å²) in [6, 6.07) is 0.281. The summed E-state index contributed by atoms with van der Waals surface area (Å²) < 4.78 is 0. The molecule has 0 unspecified atom stereocenters. The number of hydrogen-bond donors (Lipinski definition) is 1. The van der Waals surface area contributed by atoms with Crippen LogP contribution in [0.3, 0.4) is 0 Å². The van der Waals surface area contributed by atoms with Crippen LogP contribution < -0.4 is 5.32 Å². The van der Waals surface area contributed by atoms with Crippen molar-refractivity contribution in [2.75, 3.05) is 0 Å². The summed E-state index contributed by atoms with van der Waals surface area (Å²) in [5.74, 6) is 4.84. The van der Waals surface area contributed by atoms with Crippen molar-refractivity contribution in [1.82, 2.24) is 5.32 Å². The molecule has 11 heavy (non-hydrogen) atoms. The Hall–Kier alpha value is -0.970. The Morgan fingerprint density at radius 1 is 1.45 bits per heavy atom. The summed E-state index contributed by atoms with van der Waals surface area (Å²) in [6.45, 7) is 5.76. The zero-order valence-corrected chi connectivity index (χ0v) is 7.40. The quantitative estimate of drug-likeness (QED) is 0.609. The highest BCUT2D eigenvalue weighted by molar-refractivity contribution is 5.93. The fraction of sp³-hybridized carbons (Fsp3) is 0.667. The fourth-order valence-corrected chi connectivity index (χ4v) is 0.828. The Bertz CT molecular complexity index is 172. The lowest BCUT2D eigenvalue weighted by molar-refractivity contribution is -0.116. The summed E-state index contributed by atoms with van der Waals surface area (Å²) >= 11 is 0. The van der Waals surface area contributed by atoms with Crippen molar-refractivity contribution in [2.24, 2.45) is 0 Å². The third kappa shape index (κ3) is 4.44. The molecule has 1 amide bonds. The highest BCUT2D eigenvalue weighted by Gasteiger charge is 2.04. The number of amides is 1. The number of carbonyl (C=O) groups is 1. The Balaban J connectivity index is 3.78. The fourth-order valence-electron chi connectivity index (χ4n) is 0.828. The third-order valence-corrected chi connectivity index (χ3v) is 1.56. The monoisotopic (exact) mass is 153 g/mol. The van der Waals surface area contributed by atoms with Crippen molar-refractivity contribution < 1.29 is 4.79 Å². The molecule has 1 N–H and O–H groups in total. The van der Waals surface area contributed by atoms with Crippen LogP contribution in [0.1, 0.15) is 33.6 Å². The molecule has 0 heterocycles. The number of hydrogen-bond acceptors (Lipinski definition) is 1. The van der Waals surface area contributed by atoms with E-state index in [2.05, 4.69) is 17.2 Å². The molecular weight excluding hydrogens is 138 g/mol. The van der Waals surface area contributed by atoms with E-state index in [1.165, 1.54) is 0 Å². The average Bonchev–Trinajstić information content (AvgIpc) is 2.01. The maximum Gasteiger partial charge on any atom is 0.296 e. The van der Waals surface area contributed by atoms with Crippen molar-refractivity contribution in [3.63, 3.8) is 0 Å². The first-order valence-corrected chi connectivity index (χ1v) is 3.97. The lowest BCUT2D eigenvalue weighted by Gasteiger charge is -2.11. The third-order valence-electron chi connectivity index (χ3n) is 1.56. The molecule has 0 aliphatic rings. The second-order valence-electron chi connectivity index (χ2n) is 2.36. The molecule has 0 saturated heterocycles. The maximum atomic E-state index is 10.9. The smallest absolute Gasteiger partial charge is 0.296 e. The first kappa shape index (κ1) is 10.0. The Morgan fingerprint density at radius 2 is 2.00 bits per heavy atom. The predicted octanol–water partition coefficient (Wildman–Crippen LogP) is 1.31. The van der Waals surface area contributed by atoms with E-state index in [-0.39, 0.29) is 11.9 Å². The van der Waals surface area contributed by atoms with Gasteiger partial charge in [-0.05, 0) is 25.7 Å². The van der Waals surface area contributed by atoms with Crippen LogP contribution in [0.5, 0.6) is 0 Å². The summed E-state index contributed by atoms with van der Waals surface area (Å²) in [4.78, 5) is 10.9. The van der Waals surface area contributed by atoms with Gasteiger partial charge in [-0.25, -0.2) is 0 Å². The van der Waals surface area contributed by atoms with Crippen molar-refractivity contribution >= 4 is 5.91 Å². The van der Waals surface area contributed by atoms with Gasteiger partial charge in [-0.2, -0.15) is 0 Å². The largest absolute Gasteiger partial charge is 0.343 e. The minimum absolute atomic E-state index is 0.166. The van der Waals surface area contributed by atoms with E-state index in [0.717, 1.165) is 12.8 Å². The standard InChI is InChI=1S/C9H15NO/c1-4-7-9(11)10-8(5-2)6-3/h8H,5-6H2,1-3H3,(H,10,11). The van der Waals surface area contributed by atoms with Crippen LogP contribution in [0.4, 0.5) is 0 Å². The van der Waals surface area contributed by atoms with Gasteiger partial charge in [0, 0.05) is 6.04 Å². The molecule has 0 atom stereocenters. The van der Waals surface area contributed by atoms with Crippen LogP contribution in [0.25, 0.3) is 0 Å². The Kier molecular flexibility index (Phi) is 5.28. The van der Waals surface area contributed by atoms with Crippen LogP contribution >= 0.6 is 0 Å². The molecule has 0 spiro atoms. The summed E-state index contributed by atoms with van der Waals surface area (Å²) in [5.41, 5.74) is 0. The van der Waals surface area contributed by atoms with Crippen molar-refractivity contribution in [3.05, 3.63) is 0 Å². The van der Waals surface area contributed by atoms with Gasteiger partial charge < -0.3 is 5.32 Å². The van der Waals surface area contributed by atoms with Gasteiger partial charge in [-0.3, -0.25) is 4.79 Å². The van der Waals surface area contributed by atoms with Gasteiger partial charge >= 0.3 is 0 Å². The highest BCUT2D eigenvalue weighted by Crippen LogP contribution is 1.94. The molecule has 0 aliphatic carbocycles. The first-order valence-electron chi connectivity index (χ1n) is 3.97. The maximum absolute atomic E-state index is 10.9. The van der Waals surface area contributed by atoms with Crippen LogP contribution in [0, 0.1) is 11.8 Å². The highest BCUT2D eigenvalue weighted by atomic mass is 16.1. The molecule has 0 aliphatic heterocycles. The molecule has 0 saturated carbocycles. The molecular formula is C9H15NO. The lowest BCUT2D eigenvalue weighted by Crippen LogP contribution is -2.32. The molecule has 0 bridgehead atoms. The van der Waals surface area contributed by atoms with Crippen LogP contribution in [0.15, 0.2) is 0 Å². The SMILES string of the molecule is CC#CC(=O)NC(CC)CC. The van der Waals surface area contributed by atoms with E-state index < -0.39 is 0 Å². The van der Waals surface area contributed by atoms with Gasteiger partial charge in [0.2, 0.25) is 0 Å². The summed E-state index contributed by atoms with van der Waals surface area (Å²) in [7, 11) is 0. The normalized spacial score (nSPS) is 8.73. The number of rotatable bonds is 3. The van der Waals surface area contributed by atoms with E-state index in [1.807, 2.05) is 13.8 Å². The molecule has 2 nitrogen and oxygen atoms in total. The molecule has 0 aromatic carbocycles. The topological polar surface area (TPSA) is 29.1 Å². The summed E-state index contributed by atoms with van der Waals surface area (Å²) in [6.07, 6.45) is 1.93. The van der Waals surface area contributed by atoms with Crippen molar-refractivity contribution in [2.45, 2.75) is 39.7 Å². The average molecular weight is 153 g/mol. The zero-order chi connectivity index (χ0) is 8.69. The van der Waals surface area contributed by atoms with Gasteiger partial charge in [0.15, 0.2) is 0 Å². The van der Waals surface area contributed by atoms with Crippen molar-refractivity contribution in [3.8, 4) is 11.8 Å². The van der Waals surface area contributed by atoms with Crippen LogP contribution in [0.2, 0.25) is 0 Å². The van der Waals surface area contributed by atoms with Gasteiger partial charge in [-0.1, -0.05) is 19.8 Å². The Morgan fingerprint density at radius 3 is 2.36 bits per heavy atom. The molecule has 0 aromatic heterocycles. The van der Waals surface area contributed by atoms with Gasteiger partial charge in [0.25, 0.3) is 5.91 Å². The molecule has 62 valence electrons. The molecule has 0 rings (SSSR count). The molecule has 2 heteroatoms. The predicted molar refractivity (Wildman–Crippen MR) is 46.0 cm³/mol. The van der Waals surface area contributed by atoms with E-state index in [0.29, 0.717) is 0 Å². The van der Waals surface area contributed by atoms with E-state index in [1.54, 1.807) is 6.92 Å². The van der Waals surface area contributed by atoms with Crippen LogP contribution in [-0.2, 0) is 4.79 Å². The lowest BCUT2D eigenvalue weighted by atomic mass is 10.2. The van der Waals surface area contributed by atoms with E-state index >= 15 is 0 Å². The Labute approximate surface area is 68.4 Å². The van der Waals surface area contributed by atoms with Gasteiger partial charge in [-0.15, -0.1) is 0 Å². The molecule has 0 radical (unpaired) electrons. The van der Waals surface area contributed by atoms with Crippen LogP contribution in [-0.4, -0.2) is 11.9 Å². The minimum atomic E-state index is -0.166. The first-order chi connectivity index (χ1) is 5.24. The number of nitrogens with one attached hydrogen (secondary N) is 1. The van der Waals surface area contributed by atoms with E-state index in [9.17, 15) is 4.79 Å². The second-order valence-corrected chi connectivity index (χ2v) is 2.36. The minimum Gasteiger partial charge on any atom is -0.343 e. The number of carbonyl (C=O) groups excluding carboxylic acids is 1. The molecule has 0 fully saturated rings.